The van der Waals surface area contributed by atoms with Crippen LogP contribution in [0, 0.1) is 6.92 Å². The molecule has 116 valence electrons. The van der Waals surface area contributed by atoms with Crippen molar-refractivity contribution in [3.05, 3.63) is 35.9 Å². The number of benzene rings is 1. The molecule has 1 aliphatic carbocycles. The highest BCUT2D eigenvalue weighted by molar-refractivity contribution is 7.99. The number of hydrogen-bond acceptors (Lipinski definition) is 4. The largest absolute Gasteiger partial charge is 0.462 e. The zero-order valence-electron chi connectivity index (χ0n) is 12.9. The van der Waals surface area contributed by atoms with E-state index in [1.54, 1.807) is 0 Å². The van der Waals surface area contributed by atoms with E-state index >= 15 is 0 Å². The van der Waals surface area contributed by atoms with Crippen molar-refractivity contribution in [1.82, 2.24) is 4.98 Å². The van der Waals surface area contributed by atoms with Crippen LogP contribution in [0.3, 0.4) is 0 Å². The Morgan fingerprint density at radius 3 is 2.86 bits per heavy atom. The third kappa shape index (κ3) is 3.80. The number of ether oxygens (including phenoxy) is 1. The normalized spacial score (nSPS) is 15.9. The molecule has 0 spiro atoms. The molecule has 4 heteroatoms. The quantitative estimate of drug-likeness (QED) is 0.614. The topological polar surface area (TPSA) is 39.2 Å². The van der Waals surface area contributed by atoms with Gasteiger partial charge < -0.3 is 4.74 Å². The first-order valence-corrected chi connectivity index (χ1v) is 8.89. The van der Waals surface area contributed by atoms with Crippen LogP contribution in [0.4, 0.5) is 0 Å². The minimum absolute atomic E-state index is 0.121. The average molecular weight is 315 g/mol. The van der Waals surface area contributed by atoms with Gasteiger partial charge in [0.1, 0.15) is 6.10 Å². The fourth-order valence-electron chi connectivity index (χ4n) is 2.93. The lowest BCUT2D eigenvalue weighted by atomic mass is 9.98. The lowest BCUT2D eigenvalue weighted by Gasteiger charge is -2.21. The van der Waals surface area contributed by atoms with Crippen molar-refractivity contribution in [3.8, 4) is 0 Å². The van der Waals surface area contributed by atoms with Gasteiger partial charge in [0.25, 0.3) is 0 Å². The molecule has 0 atom stereocenters. The predicted octanol–water partition coefficient (Wildman–Crippen LogP) is 4.51. The van der Waals surface area contributed by atoms with Crippen molar-refractivity contribution in [1.29, 1.82) is 0 Å². The van der Waals surface area contributed by atoms with Gasteiger partial charge in [0.05, 0.1) is 16.3 Å². The molecule has 1 heterocycles. The molecule has 2 aromatic rings. The molecule has 0 amide bonds. The molecule has 1 saturated carbocycles. The molecule has 1 fully saturated rings. The van der Waals surface area contributed by atoms with E-state index in [1.165, 1.54) is 36.6 Å². The van der Waals surface area contributed by atoms with Crippen molar-refractivity contribution in [2.24, 2.45) is 0 Å². The van der Waals surface area contributed by atoms with Crippen molar-refractivity contribution in [3.63, 3.8) is 0 Å². The van der Waals surface area contributed by atoms with Crippen molar-refractivity contribution in [2.75, 3.05) is 5.75 Å². The first-order chi connectivity index (χ1) is 10.7. The Morgan fingerprint density at radius 1 is 1.27 bits per heavy atom. The Kier molecular flexibility index (Phi) is 4.98. The number of para-hydroxylation sites is 1. The van der Waals surface area contributed by atoms with Crippen LogP contribution >= 0.6 is 11.8 Å². The molecule has 22 heavy (non-hydrogen) atoms. The Hall–Kier alpha value is -1.55. The van der Waals surface area contributed by atoms with Crippen LogP contribution < -0.4 is 0 Å². The van der Waals surface area contributed by atoms with Gasteiger partial charge in [-0.2, -0.15) is 0 Å². The van der Waals surface area contributed by atoms with E-state index < -0.39 is 0 Å². The number of fused-ring (bicyclic) bond motifs is 1. The molecule has 1 aliphatic rings. The number of rotatable bonds is 4. The van der Waals surface area contributed by atoms with E-state index in [0.29, 0.717) is 5.75 Å². The number of pyridine rings is 1. The van der Waals surface area contributed by atoms with Gasteiger partial charge in [0.2, 0.25) is 0 Å². The molecule has 0 saturated heterocycles. The van der Waals surface area contributed by atoms with Crippen LogP contribution in [-0.2, 0) is 9.53 Å². The molecule has 0 unspecified atom stereocenters. The van der Waals surface area contributed by atoms with Crippen LogP contribution in [0.25, 0.3) is 10.9 Å². The maximum atomic E-state index is 12.0. The maximum Gasteiger partial charge on any atom is 0.316 e. The second kappa shape index (κ2) is 7.14. The van der Waals surface area contributed by atoms with Crippen LogP contribution in [0.15, 0.2) is 35.4 Å². The number of thioether (sulfide) groups is 1. The lowest BCUT2D eigenvalue weighted by Crippen LogP contribution is -2.21. The highest BCUT2D eigenvalue weighted by Crippen LogP contribution is 2.25. The molecule has 1 aromatic carbocycles. The molecule has 0 radical (unpaired) electrons. The lowest BCUT2D eigenvalue weighted by molar-refractivity contribution is -0.147. The standard InChI is InChI=1S/C18H21NO2S/c1-13-11-17(19-16-10-6-5-9-15(13)16)22-12-18(20)21-14-7-3-2-4-8-14/h5-6,9-11,14H,2-4,7-8,12H2,1H3. The Balaban J connectivity index is 1.60. The molecule has 1 aromatic heterocycles. The van der Waals surface area contributed by atoms with Gasteiger partial charge in [-0.05, 0) is 50.3 Å². The highest BCUT2D eigenvalue weighted by atomic mass is 32.2. The minimum atomic E-state index is -0.121. The Morgan fingerprint density at radius 2 is 2.05 bits per heavy atom. The third-order valence-corrected chi connectivity index (χ3v) is 4.97. The van der Waals surface area contributed by atoms with Gasteiger partial charge in [-0.1, -0.05) is 36.4 Å². The Bertz CT molecular complexity index is 665. The van der Waals surface area contributed by atoms with E-state index in [-0.39, 0.29) is 12.1 Å². The van der Waals surface area contributed by atoms with Crippen molar-refractivity contribution >= 4 is 28.6 Å². The first-order valence-electron chi connectivity index (χ1n) is 7.91. The summed E-state index contributed by atoms with van der Waals surface area (Å²) in [5.74, 6) is 0.214. The van der Waals surface area contributed by atoms with E-state index in [2.05, 4.69) is 18.0 Å². The molecule has 3 nitrogen and oxygen atoms in total. The number of nitrogens with zero attached hydrogens (tertiary/aromatic N) is 1. The summed E-state index contributed by atoms with van der Waals surface area (Å²) in [7, 11) is 0. The van der Waals surface area contributed by atoms with E-state index in [1.807, 2.05) is 24.3 Å². The summed E-state index contributed by atoms with van der Waals surface area (Å²) in [6.45, 7) is 2.08. The molecule has 0 aliphatic heterocycles. The van der Waals surface area contributed by atoms with Crippen LogP contribution in [0.1, 0.15) is 37.7 Å². The summed E-state index contributed by atoms with van der Waals surface area (Å²) in [6.07, 6.45) is 5.79. The number of carbonyl (C=O) groups excluding carboxylic acids is 1. The molecular formula is C18H21NO2S. The molecule has 0 N–H and O–H groups in total. The zero-order valence-corrected chi connectivity index (χ0v) is 13.7. The van der Waals surface area contributed by atoms with Crippen LogP contribution in [0.5, 0.6) is 0 Å². The second-order valence-corrected chi connectivity index (χ2v) is 6.83. The van der Waals surface area contributed by atoms with Gasteiger partial charge in [0.15, 0.2) is 0 Å². The van der Waals surface area contributed by atoms with Crippen LogP contribution in [0.2, 0.25) is 0 Å². The van der Waals surface area contributed by atoms with E-state index in [0.717, 1.165) is 28.8 Å². The molecule has 3 rings (SSSR count). The van der Waals surface area contributed by atoms with Gasteiger partial charge in [-0.15, -0.1) is 0 Å². The fourth-order valence-corrected chi connectivity index (χ4v) is 3.69. The SMILES string of the molecule is Cc1cc(SCC(=O)OC2CCCCC2)nc2ccccc12. The predicted molar refractivity (Wildman–Crippen MR) is 90.2 cm³/mol. The number of hydrogen-bond donors (Lipinski definition) is 0. The van der Waals surface area contributed by atoms with Gasteiger partial charge in [-0.25, -0.2) is 4.98 Å². The van der Waals surface area contributed by atoms with Gasteiger partial charge >= 0.3 is 5.97 Å². The Labute approximate surface area is 135 Å². The summed E-state index contributed by atoms with van der Waals surface area (Å²) < 4.78 is 5.54. The van der Waals surface area contributed by atoms with Crippen molar-refractivity contribution < 1.29 is 9.53 Å². The smallest absolute Gasteiger partial charge is 0.316 e. The summed E-state index contributed by atoms with van der Waals surface area (Å²) in [5, 5.41) is 2.05. The monoisotopic (exact) mass is 315 g/mol. The van der Waals surface area contributed by atoms with Gasteiger partial charge in [0, 0.05) is 5.39 Å². The number of aryl methyl sites for hydroxylation is 1. The fraction of sp³-hybridized carbons (Fsp3) is 0.444. The second-order valence-electron chi connectivity index (χ2n) is 5.83. The van der Waals surface area contributed by atoms with E-state index in [9.17, 15) is 4.79 Å². The third-order valence-electron chi connectivity index (χ3n) is 4.09. The summed E-state index contributed by atoms with van der Waals surface area (Å²) in [4.78, 5) is 16.6. The number of esters is 1. The highest BCUT2D eigenvalue weighted by Gasteiger charge is 2.17. The minimum Gasteiger partial charge on any atom is -0.462 e. The van der Waals surface area contributed by atoms with Crippen LogP contribution in [-0.4, -0.2) is 22.8 Å². The summed E-state index contributed by atoms with van der Waals surface area (Å²) >= 11 is 1.46. The van der Waals surface area contributed by atoms with Gasteiger partial charge in [-0.3, -0.25) is 4.79 Å². The summed E-state index contributed by atoms with van der Waals surface area (Å²) in [5.41, 5.74) is 2.17. The zero-order chi connectivity index (χ0) is 15.4. The number of aromatic nitrogens is 1. The van der Waals surface area contributed by atoms with E-state index in [4.69, 9.17) is 4.74 Å². The summed E-state index contributed by atoms with van der Waals surface area (Å²) in [6, 6.07) is 10.1. The first kappa shape index (κ1) is 15.3. The molecular weight excluding hydrogens is 294 g/mol. The molecule has 0 bridgehead atoms. The average Bonchev–Trinajstić information content (AvgIpc) is 2.54. The maximum absolute atomic E-state index is 12.0. The number of carbonyl (C=O) groups is 1. The van der Waals surface area contributed by atoms with Crippen molar-refractivity contribution in [2.45, 2.75) is 50.2 Å².